The van der Waals surface area contributed by atoms with Crippen LogP contribution in [-0.4, -0.2) is 39.4 Å². The molecule has 1 N–H and O–H groups in total. The maximum Gasteiger partial charge on any atom is 0.249 e. The molecule has 2 amide bonds. The number of benzene rings is 1. The number of rotatable bonds is 4. The number of carbonyl (C=O) groups excluding carboxylic acids is 2. The van der Waals surface area contributed by atoms with Crippen LogP contribution in [0.3, 0.4) is 0 Å². The van der Waals surface area contributed by atoms with E-state index in [2.05, 4.69) is 15.6 Å². The lowest BCUT2D eigenvalue weighted by Gasteiger charge is -2.17. The minimum atomic E-state index is -0.511. The summed E-state index contributed by atoms with van der Waals surface area (Å²) < 4.78 is 1.54. The maximum atomic E-state index is 12.5. The van der Waals surface area contributed by atoms with Crippen LogP contribution in [0, 0.1) is 0 Å². The standard InChI is InChI=1S/C15H16ClN5O2/c1-20-12(9-17-19-20)8-14(22)18-13-5-6-21(15(13)23)11-4-2-3-10(16)7-11/h2-4,7,9,13H,5-6,8H2,1H3,(H,18,22). The fraction of sp³-hybridized carbons (Fsp3) is 0.333. The summed E-state index contributed by atoms with van der Waals surface area (Å²) >= 11 is 5.96. The topological polar surface area (TPSA) is 80.1 Å². The Labute approximate surface area is 138 Å². The van der Waals surface area contributed by atoms with Gasteiger partial charge in [-0.3, -0.25) is 14.3 Å². The third kappa shape index (κ3) is 3.34. The second-order valence-electron chi connectivity index (χ2n) is 5.40. The van der Waals surface area contributed by atoms with Crippen molar-refractivity contribution in [1.82, 2.24) is 20.3 Å². The predicted octanol–water partition coefficient (Wildman–Crippen LogP) is 0.933. The third-order valence-electron chi connectivity index (χ3n) is 3.81. The molecule has 0 bridgehead atoms. The Morgan fingerprint density at radius 3 is 3.00 bits per heavy atom. The SMILES string of the molecule is Cn1nncc1CC(=O)NC1CCN(c2cccc(Cl)c2)C1=O. The van der Waals surface area contributed by atoms with Crippen LogP contribution < -0.4 is 10.2 Å². The smallest absolute Gasteiger partial charge is 0.249 e. The number of halogens is 1. The molecule has 1 aromatic heterocycles. The molecule has 0 radical (unpaired) electrons. The second kappa shape index (κ2) is 6.37. The highest BCUT2D eigenvalue weighted by Gasteiger charge is 2.33. The van der Waals surface area contributed by atoms with Crippen molar-refractivity contribution < 1.29 is 9.59 Å². The molecule has 0 saturated carbocycles. The van der Waals surface area contributed by atoms with Crippen LogP contribution in [0.4, 0.5) is 5.69 Å². The molecule has 0 aliphatic carbocycles. The zero-order valence-electron chi connectivity index (χ0n) is 12.6. The van der Waals surface area contributed by atoms with Crippen molar-refractivity contribution in [3.63, 3.8) is 0 Å². The first-order valence-corrected chi connectivity index (χ1v) is 7.62. The van der Waals surface area contributed by atoms with Crippen molar-refractivity contribution in [2.24, 2.45) is 7.05 Å². The molecule has 120 valence electrons. The fourth-order valence-corrected chi connectivity index (χ4v) is 2.78. The first-order chi connectivity index (χ1) is 11.0. The number of aromatic nitrogens is 3. The summed E-state index contributed by atoms with van der Waals surface area (Å²) in [4.78, 5) is 26.2. The summed E-state index contributed by atoms with van der Waals surface area (Å²) in [5.41, 5.74) is 1.44. The summed E-state index contributed by atoms with van der Waals surface area (Å²) in [6.07, 6.45) is 2.25. The van der Waals surface area contributed by atoms with Gasteiger partial charge < -0.3 is 10.2 Å². The van der Waals surface area contributed by atoms with E-state index in [-0.39, 0.29) is 18.2 Å². The van der Waals surface area contributed by atoms with Gasteiger partial charge in [-0.2, -0.15) is 0 Å². The van der Waals surface area contributed by atoms with Gasteiger partial charge in [0.15, 0.2) is 0 Å². The van der Waals surface area contributed by atoms with Gasteiger partial charge in [0, 0.05) is 24.3 Å². The Bertz CT molecular complexity index is 745. The monoisotopic (exact) mass is 333 g/mol. The van der Waals surface area contributed by atoms with E-state index in [1.807, 2.05) is 6.07 Å². The molecule has 2 aromatic rings. The molecule has 1 unspecified atom stereocenters. The van der Waals surface area contributed by atoms with Crippen LogP contribution in [0.5, 0.6) is 0 Å². The summed E-state index contributed by atoms with van der Waals surface area (Å²) in [5, 5.41) is 10.9. The Balaban J connectivity index is 1.63. The lowest BCUT2D eigenvalue weighted by atomic mass is 10.2. The van der Waals surface area contributed by atoms with Crippen LogP contribution in [0.2, 0.25) is 5.02 Å². The van der Waals surface area contributed by atoms with Crippen molar-refractivity contribution >= 4 is 29.1 Å². The number of carbonyl (C=O) groups is 2. The first-order valence-electron chi connectivity index (χ1n) is 7.24. The molecule has 1 atom stereocenters. The zero-order chi connectivity index (χ0) is 16.4. The highest BCUT2D eigenvalue weighted by atomic mass is 35.5. The number of aryl methyl sites for hydroxylation is 1. The van der Waals surface area contributed by atoms with Gasteiger partial charge in [-0.05, 0) is 24.6 Å². The van der Waals surface area contributed by atoms with E-state index in [9.17, 15) is 9.59 Å². The number of amides is 2. The normalized spacial score (nSPS) is 17.6. The molecular formula is C15H16ClN5O2. The Morgan fingerprint density at radius 1 is 1.48 bits per heavy atom. The van der Waals surface area contributed by atoms with Gasteiger partial charge in [-0.15, -0.1) is 5.10 Å². The average molecular weight is 334 g/mol. The summed E-state index contributed by atoms with van der Waals surface area (Å²) in [6.45, 7) is 0.553. The van der Waals surface area contributed by atoms with Crippen LogP contribution >= 0.6 is 11.6 Å². The number of hydrogen-bond donors (Lipinski definition) is 1. The maximum absolute atomic E-state index is 12.5. The van der Waals surface area contributed by atoms with Crippen molar-refractivity contribution in [2.45, 2.75) is 18.9 Å². The van der Waals surface area contributed by atoms with Crippen molar-refractivity contribution in [2.75, 3.05) is 11.4 Å². The number of hydrogen-bond acceptors (Lipinski definition) is 4. The zero-order valence-corrected chi connectivity index (χ0v) is 13.3. The first kappa shape index (κ1) is 15.5. The second-order valence-corrected chi connectivity index (χ2v) is 5.84. The molecule has 23 heavy (non-hydrogen) atoms. The lowest BCUT2D eigenvalue weighted by Crippen LogP contribution is -2.42. The van der Waals surface area contributed by atoms with E-state index in [1.54, 1.807) is 30.1 Å². The summed E-state index contributed by atoms with van der Waals surface area (Å²) in [6, 6.07) is 6.61. The van der Waals surface area contributed by atoms with E-state index >= 15 is 0 Å². The van der Waals surface area contributed by atoms with Crippen LogP contribution in [0.25, 0.3) is 0 Å². The largest absolute Gasteiger partial charge is 0.344 e. The molecule has 1 aliphatic rings. The fourth-order valence-electron chi connectivity index (χ4n) is 2.60. The average Bonchev–Trinajstić information content (AvgIpc) is 3.07. The van der Waals surface area contributed by atoms with Gasteiger partial charge in [-0.1, -0.05) is 22.9 Å². The summed E-state index contributed by atoms with van der Waals surface area (Å²) in [7, 11) is 1.72. The molecule has 1 fully saturated rings. The van der Waals surface area contributed by atoms with Gasteiger partial charge >= 0.3 is 0 Å². The van der Waals surface area contributed by atoms with E-state index < -0.39 is 6.04 Å². The molecule has 0 spiro atoms. The molecule has 1 saturated heterocycles. The molecule has 3 rings (SSSR count). The molecule has 1 aliphatic heterocycles. The highest BCUT2D eigenvalue weighted by Crippen LogP contribution is 2.24. The van der Waals surface area contributed by atoms with E-state index in [0.29, 0.717) is 23.7 Å². The Kier molecular flexibility index (Phi) is 4.29. The molecule has 7 nitrogen and oxygen atoms in total. The van der Waals surface area contributed by atoms with Gasteiger partial charge in [0.25, 0.3) is 0 Å². The lowest BCUT2D eigenvalue weighted by molar-refractivity contribution is -0.126. The van der Waals surface area contributed by atoms with Crippen molar-refractivity contribution in [3.05, 3.63) is 41.2 Å². The Morgan fingerprint density at radius 2 is 2.30 bits per heavy atom. The van der Waals surface area contributed by atoms with E-state index in [0.717, 1.165) is 5.69 Å². The third-order valence-corrected chi connectivity index (χ3v) is 4.05. The van der Waals surface area contributed by atoms with E-state index in [1.165, 1.54) is 10.9 Å². The molecule has 1 aromatic carbocycles. The summed E-state index contributed by atoms with van der Waals surface area (Å²) in [5.74, 6) is -0.342. The van der Waals surface area contributed by atoms with Gasteiger partial charge in [0.2, 0.25) is 11.8 Å². The minimum absolute atomic E-state index is 0.122. The Hall–Kier alpha value is -2.41. The number of anilines is 1. The van der Waals surface area contributed by atoms with Crippen LogP contribution in [-0.2, 0) is 23.1 Å². The highest BCUT2D eigenvalue weighted by molar-refractivity contribution is 6.31. The predicted molar refractivity (Wildman–Crippen MR) is 85.1 cm³/mol. The van der Waals surface area contributed by atoms with Gasteiger partial charge in [0.1, 0.15) is 6.04 Å². The number of nitrogens with one attached hydrogen (secondary N) is 1. The molecular weight excluding hydrogens is 318 g/mol. The molecule has 8 heteroatoms. The van der Waals surface area contributed by atoms with Crippen molar-refractivity contribution in [3.8, 4) is 0 Å². The van der Waals surface area contributed by atoms with Crippen LogP contribution in [0.1, 0.15) is 12.1 Å². The quantitative estimate of drug-likeness (QED) is 0.902. The van der Waals surface area contributed by atoms with E-state index in [4.69, 9.17) is 11.6 Å². The molecule has 2 heterocycles. The number of nitrogens with zero attached hydrogens (tertiary/aromatic N) is 4. The van der Waals surface area contributed by atoms with Crippen LogP contribution in [0.15, 0.2) is 30.5 Å². The van der Waals surface area contributed by atoms with Gasteiger partial charge in [-0.25, -0.2) is 0 Å². The van der Waals surface area contributed by atoms with Crippen molar-refractivity contribution in [1.29, 1.82) is 0 Å². The minimum Gasteiger partial charge on any atom is -0.344 e. The van der Waals surface area contributed by atoms with Gasteiger partial charge in [0.05, 0.1) is 18.3 Å².